The molecule has 1 aliphatic rings. The second-order valence-electron chi connectivity index (χ2n) is 7.11. The monoisotopic (exact) mass is 357 g/mol. The van der Waals surface area contributed by atoms with Gasteiger partial charge in [-0.15, -0.1) is 0 Å². The van der Waals surface area contributed by atoms with E-state index in [1.54, 1.807) is 0 Å². The summed E-state index contributed by atoms with van der Waals surface area (Å²) in [5.74, 6) is 0.0398. The van der Waals surface area contributed by atoms with E-state index >= 15 is 0 Å². The third kappa shape index (κ3) is 4.25. The minimum absolute atomic E-state index is 0.0398. The van der Waals surface area contributed by atoms with Gasteiger partial charge < -0.3 is 10.0 Å². The summed E-state index contributed by atoms with van der Waals surface area (Å²) in [4.78, 5) is 2.51. The van der Waals surface area contributed by atoms with Gasteiger partial charge in [0.05, 0.1) is 5.60 Å². The summed E-state index contributed by atoms with van der Waals surface area (Å²) in [5, 5.41) is 12.5. The van der Waals surface area contributed by atoms with Crippen molar-refractivity contribution in [3.05, 3.63) is 70.7 Å². The number of hydrogen-bond acceptors (Lipinski definition) is 2. The molecule has 3 rings (SSSR count). The summed E-state index contributed by atoms with van der Waals surface area (Å²) in [6.45, 7) is 5.21. The van der Waals surface area contributed by atoms with Crippen LogP contribution in [0.25, 0.3) is 0 Å². The van der Waals surface area contributed by atoms with E-state index in [1.807, 2.05) is 30.3 Å². The normalized spacial score (nSPS) is 19.3. The van der Waals surface area contributed by atoms with Crippen molar-refractivity contribution in [3.63, 3.8) is 0 Å². The fourth-order valence-corrected chi connectivity index (χ4v) is 4.13. The molecule has 0 amide bonds. The standard InChI is InChI=1S/C22H28ClNO/c1-2-22(25,19-11-13-20(23)14-12-19)21(18-9-5-3-6-10-18)17-24-15-7-4-8-16-24/h3,5-6,9-14,21,25H,2,4,7-8,15-17H2,1H3/t21-,22-/m1/s1. The molecule has 2 nitrogen and oxygen atoms in total. The lowest BCUT2D eigenvalue weighted by Gasteiger charge is -2.40. The van der Waals surface area contributed by atoms with Crippen molar-refractivity contribution in [2.24, 2.45) is 0 Å². The number of aliphatic hydroxyl groups is 1. The molecular weight excluding hydrogens is 330 g/mol. The van der Waals surface area contributed by atoms with E-state index in [0.717, 1.165) is 25.2 Å². The zero-order chi connectivity index (χ0) is 17.7. The third-order valence-electron chi connectivity index (χ3n) is 5.55. The molecule has 1 fully saturated rings. The first-order valence-electron chi connectivity index (χ1n) is 9.39. The van der Waals surface area contributed by atoms with Crippen LogP contribution in [-0.2, 0) is 5.60 Å². The van der Waals surface area contributed by atoms with Gasteiger partial charge in [0.2, 0.25) is 0 Å². The Labute approximate surface area is 156 Å². The number of likely N-dealkylation sites (tertiary alicyclic amines) is 1. The second-order valence-corrected chi connectivity index (χ2v) is 7.55. The van der Waals surface area contributed by atoms with Gasteiger partial charge in [0.15, 0.2) is 0 Å². The smallest absolute Gasteiger partial charge is 0.0974 e. The minimum atomic E-state index is -0.899. The summed E-state index contributed by atoms with van der Waals surface area (Å²) in [6, 6.07) is 18.1. The second kappa shape index (κ2) is 8.35. The number of hydrogen-bond donors (Lipinski definition) is 1. The molecule has 1 aliphatic heterocycles. The molecule has 0 bridgehead atoms. The molecule has 2 atom stereocenters. The summed E-state index contributed by atoms with van der Waals surface area (Å²) >= 11 is 6.07. The van der Waals surface area contributed by atoms with Crippen LogP contribution in [-0.4, -0.2) is 29.6 Å². The van der Waals surface area contributed by atoms with Crippen molar-refractivity contribution in [1.82, 2.24) is 4.90 Å². The van der Waals surface area contributed by atoms with Gasteiger partial charge in [-0.05, 0) is 55.6 Å². The molecule has 2 aromatic rings. The summed E-state index contributed by atoms with van der Waals surface area (Å²) < 4.78 is 0. The van der Waals surface area contributed by atoms with Crippen LogP contribution in [0.2, 0.25) is 5.02 Å². The Hall–Kier alpha value is -1.35. The van der Waals surface area contributed by atoms with Crippen molar-refractivity contribution in [2.45, 2.75) is 44.1 Å². The largest absolute Gasteiger partial charge is 0.384 e. The van der Waals surface area contributed by atoms with Crippen LogP contribution < -0.4 is 0 Å². The topological polar surface area (TPSA) is 23.5 Å². The fourth-order valence-electron chi connectivity index (χ4n) is 4.01. The Balaban J connectivity index is 1.96. The van der Waals surface area contributed by atoms with Gasteiger partial charge in [0, 0.05) is 17.5 Å². The molecule has 25 heavy (non-hydrogen) atoms. The van der Waals surface area contributed by atoms with Crippen LogP contribution in [0.4, 0.5) is 0 Å². The maximum absolute atomic E-state index is 11.8. The molecule has 0 aliphatic carbocycles. The molecule has 0 aromatic heterocycles. The SMILES string of the molecule is CC[C@@](O)(c1ccc(Cl)cc1)[C@H](CN1CCCCC1)c1ccccc1. The Kier molecular flexibility index (Phi) is 6.16. The summed E-state index contributed by atoms with van der Waals surface area (Å²) in [6.07, 6.45) is 4.50. The van der Waals surface area contributed by atoms with E-state index in [2.05, 4.69) is 36.1 Å². The first kappa shape index (κ1) is 18.4. The van der Waals surface area contributed by atoms with E-state index in [-0.39, 0.29) is 5.92 Å². The number of rotatable bonds is 6. The predicted molar refractivity (Wildman–Crippen MR) is 105 cm³/mol. The Morgan fingerprint density at radius 2 is 1.64 bits per heavy atom. The maximum atomic E-state index is 11.8. The Morgan fingerprint density at radius 1 is 1.00 bits per heavy atom. The Morgan fingerprint density at radius 3 is 2.24 bits per heavy atom. The lowest BCUT2D eigenvalue weighted by Crippen LogP contribution is -2.42. The maximum Gasteiger partial charge on any atom is 0.0974 e. The van der Waals surface area contributed by atoms with Crippen molar-refractivity contribution >= 4 is 11.6 Å². The minimum Gasteiger partial charge on any atom is -0.384 e. The highest BCUT2D eigenvalue weighted by molar-refractivity contribution is 6.30. The van der Waals surface area contributed by atoms with Gasteiger partial charge in [-0.3, -0.25) is 0 Å². The van der Waals surface area contributed by atoms with E-state index in [0.29, 0.717) is 11.4 Å². The van der Waals surface area contributed by atoms with Gasteiger partial charge >= 0.3 is 0 Å². The highest BCUT2D eigenvalue weighted by Gasteiger charge is 2.39. The van der Waals surface area contributed by atoms with Crippen LogP contribution in [0.5, 0.6) is 0 Å². The molecule has 1 saturated heterocycles. The van der Waals surface area contributed by atoms with Crippen LogP contribution in [0.1, 0.15) is 49.7 Å². The summed E-state index contributed by atoms with van der Waals surface area (Å²) in [7, 11) is 0. The first-order valence-corrected chi connectivity index (χ1v) is 9.77. The Bertz CT molecular complexity index is 651. The van der Waals surface area contributed by atoms with Crippen molar-refractivity contribution < 1.29 is 5.11 Å². The lowest BCUT2D eigenvalue weighted by atomic mass is 9.75. The number of halogens is 1. The van der Waals surface area contributed by atoms with Gasteiger partial charge in [-0.25, -0.2) is 0 Å². The van der Waals surface area contributed by atoms with Crippen LogP contribution in [0.15, 0.2) is 54.6 Å². The van der Waals surface area contributed by atoms with E-state index in [9.17, 15) is 5.11 Å². The molecule has 0 radical (unpaired) electrons. The fraction of sp³-hybridized carbons (Fsp3) is 0.455. The van der Waals surface area contributed by atoms with Crippen molar-refractivity contribution in [2.75, 3.05) is 19.6 Å². The van der Waals surface area contributed by atoms with Crippen LogP contribution in [0, 0.1) is 0 Å². The van der Waals surface area contributed by atoms with Crippen molar-refractivity contribution in [3.8, 4) is 0 Å². The lowest BCUT2D eigenvalue weighted by molar-refractivity contribution is -0.0104. The molecule has 0 saturated carbocycles. The molecule has 2 aromatic carbocycles. The van der Waals surface area contributed by atoms with Crippen LogP contribution in [0.3, 0.4) is 0 Å². The average Bonchev–Trinajstić information content (AvgIpc) is 2.67. The molecule has 1 N–H and O–H groups in total. The number of nitrogens with zero attached hydrogens (tertiary/aromatic N) is 1. The zero-order valence-electron chi connectivity index (χ0n) is 15.0. The highest BCUT2D eigenvalue weighted by Crippen LogP contribution is 2.41. The molecule has 0 spiro atoms. The van der Waals surface area contributed by atoms with E-state index in [4.69, 9.17) is 11.6 Å². The van der Waals surface area contributed by atoms with Gasteiger partial charge in [0.1, 0.15) is 0 Å². The molecule has 0 unspecified atom stereocenters. The van der Waals surface area contributed by atoms with E-state index in [1.165, 1.54) is 24.8 Å². The van der Waals surface area contributed by atoms with Gasteiger partial charge in [0.25, 0.3) is 0 Å². The number of piperidine rings is 1. The van der Waals surface area contributed by atoms with Gasteiger partial charge in [-0.1, -0.05) is 67.4 Å². The number of benzene rings is 2. The molecular formula is C22H28ClNO. The van der Waals surface area contributed by atoms with Crippen molar-refractivity contribution in [1.29, 1.82) is 0 Å². The van der Waals surface area contributed by atoms with Gasteiger partial charge in [-0.2, -0.15) is 0 Å². The predicted octanol–water partition coefficient (Wildman–Crippen LogP) is 5.21. The zero-order valence-corrected chi connectivity index (χ0v) is 15.8. The molecule has 3 heteroatoms. The molecule has 1 heterocycles. The quantitative estimate of drug-likeness (QED) is 0.767. The first-order chi connectivity index (χ1) is 12.1. The van der Waals surface area contributed by atoms with Crippen LogP contribution >= 0.6 is 11.6 Å². The van der Waals surface area contributed by atoms with E-state index < -0.39 is 5.60 Å². The average molecular weight is 358 g/mol. The highest BCUT2D eigenvalue weighted by atomic mass is 35.5. The third-order valence-corrected chi connectivity index (χ3v) is 5.80. The molecule has 134 valence electrons. The summed E-state index contributed by atoms with van der Waals surface area (Å²) in [5.41, 5.74) is 1.25.